The van der Waals surface area contributed by atoms with E-state index in [2.05, 4.69) is 5.18 Å². The van der Waals surface area contributed by atoms with Crippen molar-refractivity contribution < 1.29 is 5.11 Å². The van der Waals surface area contributed by atoms with Gasteiger partial charge in [-0.25, -0.2) is 0 Å². The molecule has 42 valence electrons. The molecule has 7 heavy (non-hydrogen) atoms. The van der Waals surface area contributed by atoms with Gasteiger partial charge in [0.25, 0.3) is 0 Å². The summed E-state index contributed by atoms with van der Waals surface area (Å²) in [6, 6.07) is 0. The molecule has 0 fully saturated rings. The lowest BCUT2D eigenvalue weighted by Gasteiger charge is -1.94. The van der Waals surface area contributed by atoms with Gasteiger partial charge in [0.05, 0.1) is 12.6 Å². The summed E-state index contributed by atoms with van der Waals surface area (Å²) < 4.78 is 0. The summed E-state index contributed by atoms with van der Waals surface area (Å²) in [6.45, 7) is 1.85. The van der Waals surface area contributed by atoms with Crippen molar-refractivity contribution in [3.63, 3.8) is 0 Å². The van der Waals surface area contributed by atoms with E-state index in [1.165, 1.54) is 0 Å². The molecular weight excluding hydrogens is 94.0 g/mol. The first-order valence-corrected chi connectivity index (χ1v) is 2.24. The Bertz CT molecular complexity index is 53.7. The highest BCUT2D eigenvalue weighted by Gasteiger charge is 1.91. The second-order valence-electron chi connectivity index (χ2n) is 1.49. The molecule has 0 radical (unpaired) electrons. The molecule has 0 unspecified atom stereocenters. The van der Waals surface area contributed by atoms with Crippen molar-refractivity contribution >= 4 is 0 Å². The van der Waals surface area contributed by atoms with Gasteiger partial charge in [0.1, 0.15) is 0 Å². The Kier molecular flexibility index (Phi) is 3.50. The van der Waals surface area contributed by atoms with Gasteiger partial charge in [-0.1, -0.05) is 5.18 Å². The van der Waals surface area contributed by atoms with Gasteiger partial charge in [0.15, 0.2) is 0 Å². The van der Waals surface area contributed by atoms with Crippen molar-refractivity contribution in [2.24, 2.45) is 5.18 Å². The third-order valence-corrected chi connectivity index (χ3v) is 0.638. The lowest BCUT2D eigenvalue weighted by atomic mass is 10.3. The van der Waals surface area contributed by atoms with E-state index in [1.807, 2.05) is 0 Å². The number of aliphatic hydroxyl groups is 1. The second-order valence-corrected chi connectivity index (χ2v) is 1.49. The van der Waals surface area contributed by atoms with Crippen molar-refractivity contribution in [2.45, 2.75) is 19.4 Å². The first kappa shape index (κ1) is 6.56. The summed E-state index contributed by atoms with van der Waals surface area (Å²) in [5, 5.41) is 11.1. The second kappa shape index (κ2) is 3.74. The van der Waals surface area contributed by atoms with Crippen molar-refractivity contribution in [3.8, 4) is 0 Å². The summed E-state index contributed by atoms with van der Waals surface area (Å²) >= 11 is 0. The molecule has 3 heteroatoms. The standard InChI is InChI=1S/C4H9NO2/c1-4(6)2-3-5-7/h4,6H,2-3H2,1H3/t4-/m0/s1. The predicted octanol–water partition coefficient (Wildman–Crippen LogP) is 0.524. The third-order valence-electron chi connectivity index (χ3n) is 0.638. The molecular formula is C4H9NO2. The fourth-order valence-corrected chi connectivity index (χ4v) is 0.240. The fourth-order valence-electron chi connectivity index (χ4n) is 0.240. The molecule has 3 nitrogen and oxygen atoms in total. The SMILES string of the molecule is C[C@H](O)CCN=O. The van der Waals surface area contributed by atoms with E-state index in [0.717, 1.165) is 0 Å². The van der Waals surface area contributed by atoms with Gasteiger partial charge in [0.2, 0.25) is 0 Å². The van der Waals surface area contributed by atoms with E-state index in [1.54, 1.807) is 6.92 Å². The van der Waals surface area contributed by atoms with Gasteiger partial charge in [-0.2, -0.15) is 4.91 Å². The lowest BCUT2D eigenvalue weighted by Crippen LogP contribution is -1.99. The van der Waals surface area contributed by atoms with Crippen molar-refractivity contribution in [1.29, 1.82) is 0 Å². The lowest BCUT2D eigenvalue weighted by molar-refractivity contribution is 0.187. The minimum atomic E-state index is -0.391. The van der Waals surface area contributed by atoms with Gasteiger partial charge in [0, 0.05) is 0 Å². The smallest absolute Gasteiger partial charge is 0.0835 e. The Balaban J connectivity index is 2.81. The molecule has 0 aliphatic carbocycles. The molecule has 0 spiro atoms. The molecule has 0 aromatic rings. The van der Waals surface area contributed by atoms with Crippen LogP contribution in [-0.4, -0.2) is 17.8 Å². The number of aliphatic hydroxyl groups excluding tert-OH is 1. The monoisotopic (exact) mass is 103 g/mol. The van der Waals surface area contributed by atoms with E-state index in [-0.39, 0.29) is 6.54 Å². The predicted molar refractivity (Wildman–Crippen MR) is 27.0 cm³/mol. The average Bonchev–Trinajstić information content (AvgIpc) is 1.61. The van der Waals surface area contributed by atoms with E-state index >= 15 is 0 Å². The van der Waals surface area contributed by atoms with Crippen LogP contribution in [0.2, 0.25) is 0 Å². The van der Waals surface area contributed by atoms with Crippen LogP contribution in [0.25, 0.3) is 0 Å². The van der Waals surface area contributed by atoms with Crippen molar-refractivity contribution in [3.05, 3.63) is 4.91 Å². The van der Waals surface area contributed by atoms with Gasteiger partial charge in [-0.05, 0) is 13.3 Å². The Morgan fingerprint density at radius 1 is 1.86 bits per heavy atom. The average molecular weight is 103 g/mol. The number of hydrogen-bond acceptors (Lipinski definition) is 3. The van der Waals surface area contributed by atoms with Crippen LogP contribution < -0.4 is 0 Å². The third kappa shape index (κ3) is 5.56. The molecule has 0 aromatic heterocycles. The Hall–Kier alpha value is -0.440. The molecule has 0 saturated heterocycles. The summed E-state index contributed by atoms with van der Waals surface area (Å²) in [5.74, 6) is 0. The van der Waals surface area contributed by atoms with Gasteiger partial charge >= 0.3 is 0 Å². The molecule has 0 aliphatic heterocycles. The van der Waals surface area contributed by atoms with Crippen LogP contribution >= 0.6 is 0 Å². The molecule has 0 amide bonds. The first-order valence-electron chi connectivity index (χ1n) is 2.24. The molecule has 1 atom stereocenters. The largest absolute Gasteiger partial charge is 0.393 e. The van der Waals surface area contributed by atoms with E-state index < -0.39 is 6.10 Å². The van der Waals surface area contributed by atoms with Crippen LogP contribution in [0.3, 0.4) is 0 Å². The highest BCUT2D eigenvalue weighted by molar-refractivity contribution is 4.47. The van der Waals surface area contributed by atoms with Crippen molar-refractivity contribution in [1.82, 2.24) is 0 Å². The normalized spacial score (nSPS) is 13.4. The number of nitrogens with zero attached hydrogens (tertiary/aromatic N) is 1. The van der Waals surface area contributed by atoms with E-state index in [4.69, 9.17) is 5.11 Å². The zero-order valence-electron chi connectivity index (χ0n) is 4.29. The number of hydrogen-bond donors (Lipinski definition) is 1. The van der Waals surface area contributed by atoms with E-state index in [0.29, 0.717) is 6.42 Å². The number of nitroso groups, excluding NO2 is 1. The Labute approximate surface area is 42.3 Å². The first-order chi connectivity index (χ1) is 3.27. The van der Waals surface area contributed by atoms with Crippen LogP contribution in [0.1, 0.15) is 13.3 Å². The molecule has 0 saturated carbocycles. The maximum atomic E-state index is 9.35. The van der Waals surface area contributed by atoms with Crippen LogP contribution in [-0.2, 0) is 0 Å². The van der Waals surface area contributed by atoms with E-state index in [9.17, 15) is 4.91 Å². The molecule has 0 heterocycles. The molecule has 0 rings (SSSR count). The van der Waals surface area contributed by atoms with Crippen LogP contribution in [0.15, 0.2) is 5.18 Å². The molecule has 0 aromatic carbocycles. The van der Waals surface area contributed by atoms with Crippen LogP contribution in [0, 0.1) is 4.91 Å². The Morgan fingerprint density at radius 3 is 2.57 bits per heavy atom. The topological polar surface area (TPSA) is 49.7 Å². The van der Waals surface area contributed by atoms with Crippen LogP contribution in [0.5, 0.6) is 0 Å². The quantitative estimate of drug-likeness (QED) is 0.529. The zero-order valence-corrected chi connectivity index (χ0v) is 4.29. The van der Waals surface area contributed by atoms with Gasteiger partial charge in [-0.15, -0.1) is 0 Å². The van der Waals surface area contributed by atoms with Crippen LogP contribution in [0.4, 0.5) is 0 Å². The maximum Gasteiger partial charge on any atom is 0.0835 e. The minimum Gasteiger partial charge on any atom is -0.393 e. The fraction of sp³-hybridized carbons (Fsp3) is 1.00. The minimum absolute atomic E-state index is 0.220. The van der Waals surface area contributed by atoms with Gasteiger partial charge < -0.3 is 5.11 Å². The molecule has 0 aliphatic rings. The highest BCUT2D eigenvalue weighted by Crippen LogP contribution is 1.87. The zero-order chi connectivity index (χ0) is 5.70. The summed E-state index contributed by atoms with van der Waals surface area (Å²) in [4.78, 5) is 9.35. The maximum absolute atomic E-state index is 9.35. The highest BCUT2D eigenvalue weighted by atomic mass is 16.3. The summed E-state index contributed by atoms with van der Waals surface area (Å²) in [7, 11) is 0. The summed E-state index contributed by atoms with van der Waals surface area (Å²) in [5.41, 5.74) is 0. The molecule has 1 N–H and O–H groups in total. The Morgan fingerprint density at radius 2 is 2.43 bits per heavy atom. The summed E-state index contributed by atoms with van der Waals surface area (Å²) in [6.07, 6.45) is 0.0847. The van der Waals surface area contributed by atoms with Crippen molar-refractivity contribution in [2.75, 3.05) is 6.54 Å². The molecule has 0 bridgehead atoms. The number of rotatable bonds is 3. The van der Waals surface area contributed by atoms with Gasteiger partial charge in [-0.3, -0.25) is 0 Å².